The van der Waals surface area contributed by atoms with Gasteiger partial charge in [-0.15, -0.1) is 0 Å². The van der Waals surface area contributed by atoms with Crippen molar-refractivity contribution in [2.75, 3.05) is 0 Å². The van der Waals surface area contributed by atoms with Gasteiger partial charge in [0.25, 0.3) is 0 Å². The molecular weight excluding hydrogens is 590 g/mol. The van der Waals surface area contributed by atoms with E-state index in [0.717, 1.165) is 99.4 Å². The average Bonchev–Trinajstić information content (AvgIpc) is 3.73. The van der Waals surface area contributed by atoms with Crippen molar-refractivity contribution in [1.82, 2.24) is 15.0 Å². The van der Waals surface area contributed by atoms with E-state index < -0.39 is 0 Å². The Bertz CT molecular complexity index is 2780. The van der Waals surface area contributed by atoms with Crippen LogP contribution in [0.5, 0.6) is 0 Å². The van der Waals surface area contributed by atoms with Crippen LogP contribution in [0.2, 0.25) is 0 Å². The van der Waals surface area contributed by atoms with Gasteiger partial charge in [-0.2, -0.15) is 0 Å². The van der Waals surface area contributed by atoms with Crippen LogP contribution in [0.1, 0.15) is 0 Å². The molecule has 0 radical (unpaired) electrons. The van der Waals surface area contributed by atoms with Crippen LogP contribution < -0.4 is 0 Å². The number of rotatable bonds is 4. The molecular formula is C43H25N3O2. The average molecular weight is 616 g/mol. The Morgan fingerprint density at radius 1 is 0.396 bits per heavy atom. The molecule has 5 heteroatoms. The number of hydrogen-bond acceptors (Lipinski definition) is 5. The third-order valence-corrected chi connectivity index (χ3v) is 9.20. The van der Waals surface area contributed by atoms with Gasteiger partial charge in [-0.3, -0.25) is 9.97 Å². The van der Waals surface area contributed by atoms with Crippen molar-refractivity contribution in [3.05, 3.63) is 152 Å². The fraction of sp³-hybridized carbons (Fsp3) is 0. The lowest BCUT2D eigenvalue weighted by Crippen LogP contribution is -1.90. The summed E-state index contributed by atoms with van der Waals surface area (Å²) in [7, 11) is 0. The minimum atomic E-state index is 0.807. The van der Waals surface area contributed by atoms with Crippen LogP contribution in [0.15, 0.2) is 161 Å². The van der Waals surface area contributed by atoms with Crippen LogP contribution >= 0.6 is 0 Å². The van der Waals surface area contributed by atoms with Gasteiger partial charge in [0.05, 0.1) is 16.6 Å². The molecule has 0 bridgehead atoms. The molecule has 5 nitrogen and oxygen atoms in total. The lowest BCUT2D eigenvalue weighted by Gasteiger charge is -2.12. The predicted octanol–water partition coefficient (Wildman–Crippen LogP) is 11.5. The molecule has 5 aromatic carbocycles. The third-order valence-electron chi connectivity index (χ3n) is 9.20. The largest absolute Gasteiger partial charge is 0.456 e. The molecule has 0 aliphatic heterocycles. The Morgan fingerprint density at radius 2 is 1.00 bits per heavy atom. The summed E-state index contributed by atoms with van der Waals surface area (Å²) in [4.78, 5) is 14.2. The number of para-hydroxylation sites is 2. The molecule has 0 aliphatic rings. The topological polar surface area (TPSA) is 65.0 Å². The molecule has 10 aromatic rings. The number of nitrogens with zero attached hydrogens (tertiary/aromatic N) is 3. The van der Waals surface area contributed by atoms with Crippen molar-refractivity contribution in [3.8, 4) is 44.6 Å². The van der Waals surface area contributed by atoms with E-state index in [1.54, 1.807) is 12.4 Å². The van der Waals surface area contributed by atoms with Crippen molar-refractivity contribution in [3.63, 3.8) is 0 Å². The first-order valence-corrected chi connectivity index (χ1v) is 15.9. The fourth-order valence-corrected chi connectivity index (χ4v) is 6.93. The second-order valence-electron chi connectivity index (χ2n) is 12.1. The van der Waals surface area contributed by atoms with Crippen LogP contribution in [0, 0.1) is 0 Å². The number of aromatic nitrogens is 3. The maximum Gasteiger partial charge on any atom is 0.147 e. The van der Waals surface area contributed by atoms with Gasteiger partial charge in [0.1, 0.15) is 22.3 Å². The lowest BCUT2D eigenvalue weighted by molar-refractivity contribution is 0.666. The molecule has 48 heavy (non-hydrogen) atoms. The summed E-state index contributed by atoms with van der Waals surface area (Å²) in [6.45, 7) is 0. The maximum atomic E-state index is 6.60. The number of hydrogen-bond donors (Lipinski definition) is 0. The Morgan fingerprint density at radius 3 is 1.71 bits per heavy atom. The molecule has 0 spiro atoms. The number of benzene rings is 5. The predicted molar refractivity (Wildman–Crippen MR) is 194 cm³/mol. The monoisotopic (exact) mass is 615 g/mol. The van der Waals surface area contributed by atoms with E-state index >= 15 is 0 Å². The summed E-state index contributed by atoms with van der Waals surface area (Å²) in [6.07, 6.45) is 7.41. The molecule has 0 amide bonds. The zero-order valence-electron chi connectivity index (χ0n) is 25.6. The fourth-order valence-electron chi connectivity index (χ4n) is 6.93. The molecule has 5 aromatic heterocycles. The van der Waals surface area contributed by atoms with Crippen molar-refractivity contribution < 1.29 is 8.83 Å². The van der Waals surface area contributed by atoms with Crippen molar-refractivity contribution >= 4 is 54.8 Å². The van der Waals surface area contributed by atoms with E-state index in [9.17, 15) is 0 Å². The summed E-state index contributed by atoms with van der Waals surface area (Å²) in [5.41, 5.74) is 12.5. The van der Waals surface area contributed by atoms with Gasteiger partial charge >= 0.3 is 0 Å². The van der Waals surface area contributed by atoms with E-state index in [1.165, 1.54) is 0 Å². The molecule has 0 saturated carbocycles. The normalized spacial score (nSPS) is 11.8. The lowest BCUT2D eigenvalue weighted by atomic mass is 9.93. The maximum absolute atomic E-state index is 6.60. The highest BCUT2D eigenvalue weighted by molar-refractivity contribution is 6.21. The van der Waals surface area contributed by atoms with E-state index in [1.807, 2.05) is 60.9 Å². The molecule has 0 saturated heterocycles. The zero-order valence-corrected chi connectivity index (χ0v) is 25.6. The Balaban J connectivity index is 1.22. The first kappa shape index (κ1) is 26.6. The van der Waals surface area contributed by atoms with Crippen molar-refractivity contribution in [2.45, 2.75) is 0 Å². The standard InChI is InChI=1S/C43H25N3O2/c1-3-14-38-33(12-1)35-22-37-36(23-40(35)47-38)43-41(34-13-2-4-15-39(34)48-43)42(46-37)27-9-5-8-26(18-27)30-19-31(28-10-6-16-44-24-28)21-32(20-30)29-11-7-17-45-25-29/h1-25H. The molecule has 0 N–H and O–H groups in total. The van der Waals surface area contributed by atoms with Crippen LogP contribution in [-0.2, 0) is 0 Å². The highest BCUT2D eigenvalue weighted by atomic mass is 16.3. The second-order valence-corrected chi connectivity index (χ2v) is 12.1. The Hall–Kier alpha value is -6.59. The highest BCUT2D eigenvalue weighted by Gasteiger charge is 2.20. The zero-order chi connectivity index (χ0) is 31.6. The van der Waals surface area contributed by atoms with Crippen molar-refractivity contribution in [1.29, 1.82) is 0 Å². The van der Waals surface area contributed by atoms with E-state index in [2.05, 4.69) is 88.8 Å². The molecule has 10 rings (SSSR count). The van der Waals surface area contributed by atoms with Gasteiger partial charge in [-0.1, -0.05) is 66.7 Å². The molecule has 224 valence electrons. The molecule has 0 unspecified atom stereocenters. The van der Waals surface area contributed by atoms with E-state index in [4.69, 9.17) is 13.8 Å². The smallest absolute Gasteiger partial charge is 0.147 e. The molecule has 0 fully saturated rings. The van der Waals surface area contributed by atoms with Crippen LogP contribution in [-0.4, -0.2) is 15.0 Å². The number of pyridine rings is 3. The molecule has 0 aliphatic carbocycles. The minimum absolute atomic E-state index is 0.807. The van der Waals surface area contributed by atoms with E-state index in [0.29, 0.717) is 0 Å². The molecule has 0 atom stereocenters. The highest BCUT2D eigenvalue weighted by Crippen LogP contribution is 2.42. The SMILES string of the molecule is c1cncc(-c2cc(-c3cccnc3)cc(-c3cccc(-c4nc5cc6c(cc5c5oc7ccccc7c45)oc4ccccc46)c3)c2)c1. The second kappa shape index (κ2) is 10.5. The van der Waals surface area contributed by atoms with E-state index in [-0.39, 0.29) is 0 Å². The van der Waals surface area contributed by atoms with Gasteiger partial charge < -0.3 is 8.83 Å². The van der Waals surface area contributed by atoms with Gasteiger partial charge in [0, 0.05) is 63.0 Å². The van der Waals surface area contributed by atoms with Crippen LogP contribution in [0.25, 0.3) is 99.4 Å². The summed E-state index contributed by atoms with van der Waals surface area (Å²) in [6, 6.07) is 44.0. The van der Waals surface area contributed by atoms with Crippen molar-refractivity contribution in [2.24, 2.45) is 0 Å². The van der Waals surface area contributed by atoms with Gasteiger partial charge in [0.15, 0.2) is 0 Å². The Labute approximate surface area is 274 Å². The summed E-state index contributed by atoms with van der Waals surface area (Å²) in [5, 5.41) is 5.06. The molecule has 5 heterocycles. The first-order chi connectivity index (χ1) is 23.8. The quantitative estimate of drug-likeness (QED) is 0.197. The summed E-state index contributed by atoms with van der Waals surface area (Å²) in [5.74, 6) is 0. The minimum Gasteiger partial charge on any atom is -0.456 e. The summed E-state index contributed by atoms with van der Waals surface area (Å²) >= 11 is 0. The van der Waals surface area contributed by atoms with Crippen LogP contribution in [0.3, 0.4) is 0 Å². The van der Waals surface area contributed by atoms with Crippen LogP contribution in [0.4, 0.5) is 0 Å². The number of furan rings is 2. The van der Waals surface area contributed by atoms with Gasteiger partial charge in [-0.05, 0) is 82.9 Å². The first-order valence-electron chi connectivity index (χ1n) is 15.9. The summed E-state index contributed by atoms with van der Waals surface area (Å²) < 4.78 is 12.9. The third kappa shape index (κ3) is 4.22. The van der Waals surface area contributed by atoms with Gasteiger partial charge in [-0.25, -0.2) is 4.98 Å². The van der Waals surface area contributed by atoms with Gasteiger partial charge in [0.2, 0.25) is 0 Å². The number of fused-ring (bicyclic) bond motifs is 8. The Kier molecular flexibility index (Phi) is 5.81.